The highest BCUT2D eigenvalue weighted by atomic mass is 15.1. The highest BCUT2D eigenvalue weighted by molar-refractivity contribution is 6.14. The first-order valence-corrected chi connectivity index (χ1v) is 19.8. The van der Waals surface area contributed by atoms with Gasteiger partial charge in [-0.25, -0.2) is 0 Å². The Balaban J connectivity index is 1.15. The number of para-hydroxylation sites is 1. The van der Waals surface area contributed by atoms with E-state index >= 15 is 0 Å². The van der Waals surface area contributed by atoms with Crippen LogP contribution in [-0.2, 0) is 10.8 Å². The fraction of sp³-hybridized carbons (Fsp3) is 0.111. The number of hydrogen-bond acceptors (Lipinski definition) is 1. The van der Waals surface area contributed by atoms with Gasteiger partial charge >= 0.3 is 0 Å². The fourth-order valence-electron chi connectivity index (χ4n) is 9.89. The van der Waals surface area contributed by atoms with Gasteiger partial charge in [0.15, 0.2) is 0 Å². The number of H-pyrrole nitrogens is 1. The van der Waals surface area contributed by atoms with Gasteiger partial charge in [0.25, 0.3) is 0 Å². The summed E-state index contributed by atoms with van der Waals surface area (Å²) < 4.78 is 0. The lowest BCUT2D eigenvalue weighted by Gasteiger charge is -2.29. The number of nitrogens with zero attached hydrogens (tertiary/aromatic N) is 1. The molecule has 0 amide bonds. The van der Waals surface area contributed by atoms with E-state index in [0.29, 0.717) is 0 Å². The number of aromatic nitrogens is 1. The molecule has 1 N–H and O–H groups in total. The Morgan fingerprint density at radius 3 is 1.70 bits per heavy atom. The summed E-state index contributed by atoms with van der Waals surface area (Å²) in [4.78, 5) is 6.32. The van der Waals surface area contributed by atoms with Crippen LogP contribution in [0.4, 0.5) is 17.1 Å². The van der Waals surface area contributed by atoms with Crippen LogP contribution in [0.15, 0.2) is 176 Å². The summed E-state index contributed by atoms with van der Waals surface area (Å²) in [5, 5.41) is 2.44. The smallest absolute Gasteiger partial charge is 0.0546 e. The zero-order chi connectivity index (χ0) is 37.8. The molecule has 1 heterocycles. The highest BCUT2D eigenvalue weighted by Crippen LogP contribution is 2.53. The molecule has 0 unspecified atom stereocenters. The van der Waals surface area contributed by atoms with Crippen LogP contribution in [0.3, 0.4) is 0 Å². The van der Waals surface area contributed by atoms with Gasteiger partial charge in [-0.05, 0) is 110 Å². The lowest BCUT2D eigenvalue weighted by atomic mass is 9.82. The minimum Gasteiger partial charge on any atom is -0.354 e. The molecule has 0 saturated carbocycles. The molecule has 2 nitrogen and oxygen atoms in total. The molecule has 2 aliphatic rings. The van der Waals surface area contributed by atoms with Gasteiger partial charge in [0.1, 0.15) is 0 Å². The summed E-state index contributed by atoms with van der Waals surface area (Å²) in [6.45, 7) is 9.43. The van der Waals surface area contributed by atoms with Crippen molar-refractivity contribution in [2.24, 2.45) is 0 Å². The van der Waals surface area contributed by atoms with Crippen molar-refractivity contribution in [1.82, 2.24) is 4.98 Å². The topological polar surface area (TPSA) is 19.0 Å². The normalized spacial score (nSPS) is 14.4. The summed E-state index contributed by atoms with van der Waals surface area (Å²) in [6, 6.07) is 65.3. The molecule has 1 aromatic heterocycles. The summed E-state index contributed by atoms with van der Waals surface area (Å²) in [6.07, 6.45) is 0. The number of anilines is 3. The molecular weight excluding hydrogens is 677 g/mol. The van der Waals surface area contributed by atoms with Gasteiger partial charge in [-0.3, -0.25) is 0 Å². The Hall–Kier alpha value is -6.64. The largest absolute Gasteiger partial charge is 0.354 e. The van der Waals surface area contributed by atoms with Gasteiger partial charge in [-0.2, -0.15) is 0 Å². The molecule has 0 fully saturated rings. The summed E-state index contributed by atoms with van der Waals surface area (Å²) in [5.41, 5.74) is 21.2. The molecule has 268 valence electrons. The van der Waals surface area contributed by atoms with Crippen molar-refractivity contribution in [2.45, 2.75) is 38.5 Å². The van der Waals surface area contributed by atoms with Gasteiger partial charge in [0.05, 0.1) is 5.52 Å². The van der Waals surface area contributed by atoms with E-state index in [9.17, 15) is 0 Å². The first kappa shape index (κ1) is 32.8. The van der Waals surface area contributed by atoms with Crippen molar-refractivity contribution in [3.63, 3.8) is 0 Å². The number of benzene rings is 8. The lowest BCUT2D eigenvalue weighted by Crippen LogP contribution is -2.16. The van der Waals surface area contributed by atoms with Crippen molar-refractivity contribution in [1.29, 1.82) is 0 Å². The zero-order valence-corrected chi connectivity index (χ0v) is 32.2. The number of nitrogens with one attached hydrogen (secondary N) is 1. The predicted octanol–water partition coefficient (Wildman–Crippen LogP) is 14.7. The van der Waals surface area contributed by atoms with E-state index in [1.807, 2.05) is 0 Å². The quantitative estimate of drug-likeness (QED) is 0.188. The second-order valence-corrected chi connectivity index (χ2v) is 16.7. The Bertz CT molecular complexity index is 3020. The Morgan fingerprint density at radius 1 is 0.357 bits per heavy atom. The molecule has 0 aliphatic heterocycles. The number of hydrogen-bond donors (Lipinski definition) is 1. The zero-order valence-electron chi connectivity index (χ0n) is 32.2. The van der Waals surface area contributed by atoms with E-state index in [2.05, 4.69) is 214 Å². The van der Waals surface area contributed by atoms with Crippen LogP contribution in [0.1, 0.15) is 49.9 Å². The van der Waals surface area contributed by atoms with Crippen LogP contribution in [0.5, 0.6) is 0 Å². The van der Waals surface area contributed by atoms with Gasteiger partial charge < -0.3 is 9.88 Å². The standard InChI is InChI=1S/C54H42N2/c1-53(2)48-20-12-9-17-41(48)45-30-36(24-29-49(45)53)44-31-39(32-46-43-18-10-13-21-51(43)55-52(44)46)56(37-25-22-35(23-26-37)34-14-6-5-7-15-34)38-27-28-42-40-16-8-11-19-47(40)54(3,4)50(42)33-38/h5-33,55H,1-4H3. The molecule has 0 saturated heterocycles. The maximum atomic E-state index is 3.86. The molecule has 9 aromatic rings. The summed E-state index contributed by atoms with van der Waals surface area (Å²) in [5.74, 6) is 0. The SMILES string of the molecule is CC1(C)c2ccccc2-c2cc(-c3cc(N(c4ccc(-c5ccccc5)cc4)c4ccc5c(c4)C(C)(C)c4ccccc4-5)cc4c3[nH]c3ccccc34)ccc21. The molecule has 56 heavy (non-hydrogen) atoms. The lowest BCUT2D eigenvalue weighted by molar-refractivity contribution is 0.660. The van der Waals surface area contributed by atoms with Gasteiger partial charge in [0.2, 0.25) is 0 Å². The van der Waals surface area contributed by atoms with E-state index in [1.54, 1.807) is 0 Å². The van der Waals surface area contributed by atoms with Gasteiger partial charge in [-0.1, -0.05) is 155 Å². The van der Waals surface area contributed by atoms with Crippen molar-refractivity contribution in [3.8, 4) is 44.5 Å². The van der Waals surface area contributed by atoms with Crippen molar-refractivity contribution >= 4 is 38.9 Å². The molecule has 0 atom stereocenters. The average Bonchev–Trinajstić information content (AvgIpc) is 3.81. The second kappa shape index (κ2) is 11.9. The molecule has 0 bridgehead atoms. The minimum absolute atomic E-state index is 0.0492. The number of rotatable bonds is 5. The third-order valence-electron chi connectivity index (χ3n) is 12.8. The molecule has 0 radical (unpaired) electrons. The summed E-state index contributed by atoms with van der Waals surface area (Å²) >= 11 is 0. The van der Waals surface area contributed by atoms with E-state index in [1.165, 1.54) is 77.5 Å². The van der Waals surface area contributed by atoms with E-state index < -0.39 is 0 Å². The molecule has 2 heteroatoms. The van der Waals surface area contributed by atoms with Crippen molar-refractivity contribution in [2.75, 3.05) is 4.90 Å². The molecule has 8 aromatic carbocycles. The highest BCUT2D eigenvalue weighted by Gasteiger charge is 2.37. The predicted molar refractivity (Wildman–Crippen MR) is 236 cm³/mol. The van der Waals surface area contributed by atoms with Crippen LogP contribution in [0.2, 0.25) is 0 Å². The number of aromatic amines is 1. The third kappa shape index (κ3) is 4.75. The van der Waals surface area contributed by atoms with Crippen LogP contribution in [0.25, 0.3) is 66.3 Å². The minimum atomic E-state index is -0.120. The van der Waals surface area contributed by atoms with Crippen LogP contribution in [0, 0.1) is 0 Å². The van der Waals surface area contributed by atoms with Gasteiger partial charge in [0, 0.05) is 49.7 Å². The third-order valence-corrected chi connectivity index (χ3v) is 12.8. The molecular formula is C54H42N2. The monoisotopic (exact) mass is 718 g/mol. The maximum Gasteiger partial charge on any atom is 0.0546 e. The van der Waals surface area contributed by atoms with E-state index in [0.717, 1.165) is 28.1 Å². The first-order valence-electron chi connectivity index (χ1n) is 19.8. The second-order valence-electron chi connectivity index (χ2n) is 16.7. The van der Waals surface area contributed by atoms with Crippen molar-refractivity contribution in [3.05, 3.63) is 198 Å². The number of fused-ring (bicyclic) bond motifs is 9. The van der Waals surface area contributed by atoms with Crippen LogP contribution in [-0.4, -0.2) is 4.98 Å². The van der Waals surface area contributed by atoms with E-state index in [4.69, 9.17) is 0 Å². The van der Waals surface area contributed by atoms with E-state index in [-0.39, 0.29) is 10.8 Å². The maximum absolute atomic E-state index is 3.86. The average molecular weight is 719 g/mol. The fourth-order valence-corrected chi connectivity index (χ4v) is 9.89. The Kier molecular flexibility index (Phi) is 6.98. The van der Waals surface area contributed by atoms with Crippen molar-refractivity contribution < 1.29 is 0 Å². The molecule has 0 spiro atoms. The first-order chi connectivity index (χ1) is 27.3. The van der Waals surface area contributed by atoms with Gasteiger partial charge in [-0.15, -0.1) is 0 Å². The summed E-state index contributed by atoms with van der Waals surface area (Å²) in [7, 11) is 0. The Morgan fingerprint density at radius 2 is 0.929 bits per heavy atom. The van der Waals surface area contributed by atoms with Crippen LogP contribution < -0.4 is 4.90 Å². The molecule has 2 aliphatic carbocycles. The van der Waals surface area contributed by atoms with Crippen LogP contribution >= 0.6 is 0 Å². The Labute approximate surface area is 328 Å². The molecule has 11 rings (SSSR count).